The summed E-state index contributed by atoms with van der Waals surface area (Å²) in [6.07, 6.45) is 0. The van der Waals surface area contributed by atoms with Gasteiger partial charge in [0, 0.05) is 5.69 Å². The molecule has 1 amide bonds. The van der Waals surface area contributed by atoms with Gasteiger partial charge in [-0.05, 0) is 51.5 Å². The number of aryl methyl sites for hydroxylation is 2. The highest BCUT2D eigenvalue weighted by Gasteiger charge is 2.13. The first-order valence-electron chi connectivity index (χ1n) is 7.08. The maximum Gasteiger partial charge on any atom is 0.237 e. The molecule has 0 fully saturated rings. The highest BCUT2D eigenvalue weighted by atomic mass is 35.5. The lowest BCUT2D eigenvalue weighted by molar-refractivity contribution is -0.122. The first-order valence-corrected chi connectivity index (χ1v) is 7.08. The predicted molar refractivity (Wildman–Crippen MR) is 90.5 cm³/mol. The number of rotatable bonds is 4. The number of nitrogens with one attached hydrogen (secondary N) is 1. The average molecular weight is 323 g/mol. The van der Waals surface area contributed by atoms with Crippen molar-refractivity contribution in [2.45, 2.75) is 39.8 Å². The summed E-state index contributed by atoms with van der Waals surface area (Å²) >= 11 is 0. The zero-order chi connectivity index (χ0) is 15.6. The van der Waals surface area contributed by atoms with Crippen LogP contribution in [0.1, 0.15) is 36.8 Å². The monoisotopic (exact) mass is 322 g/mol. The van der Waals surface area contributed by atoms with E-state index >= 15 is 0 Å². The Kier molecular flexibility index (Phi) is 6.14. The fourth-order valence-corrected chi connectivity index (χ4v) is 2.22. The second kappa shape index (κ2) is 7.42. The standard InChI is InChI=1S/C16H22N4O.ClH/c1-10-9-11(2)20(19-10)15-7-5-14(6-8-15)13(4)18-16(21)12(3)17;/h5-9,12-13H,17H2,1-4H3,(H,18,21);1H. The van der Waals surface area contributed by atoms with Crippen molar-refractivity contribution in [3.63, 3.8) is 0 Å². The SMILES string of the molecule is Cc1cc(C)n(-c2ccc(C(C)NC(=O)C(C)N)cc2)n1.Cl. The highest BCUT2D eigenvalue weighted by molar-refractivity contribution is 5.85. The van der Waals surface area contributed by atoms with Crippen molar-refractivity contribution in [1.29, 1.82) is 0 Å². The van der Waals surface area contributed by atoms with Gasteiger partial charge < -0.3 is 11.1 Å². The van der Waals surface area contributed by atoms with E-state index in [9.17, 15) is 4.79 Å². The molecule has 2 atom stereocenters. The molecule has 0 bridgehead atoms. The van der Waals surface area contributed by atoms with Crippen LogP contribution in [0.2, 0.25) is 0 Å². The van der Waals surface area contributed by atoms with Crippen LogP contribution < -0.4 is 11.1 Å². The van der Waals surface area contributed by atoms with Gasteiger partial charge in [-0.25, -0.2) is 4.68 Å². The van der Waals surface area contributed by atoms with Gasteiger partial charge >= 0.3 is 0 Å². The second-order valence-corrected chi connectivity index (χ2v) is 5.45. The molecule has 2 rings (SSSR count). The van der Waals surface area contributed by atoms with E-state index in [0.717, 1.165) is 22.6 Å². The van der Waals surface area contributed by atoms with Crippen molar-refractivity contribution in [2.75, 3.05) is 0 Å². The van der Waals surface area contributed by atoms with E-state index in [0.29, 0.717) is 0 Å². The molecule has 22 heavy (non-hydrogen) atoms. The molecule has 3 N–H and O–H groups in total. The number of amides is 1. The van der Waals surface area contributed by atoms with Gasteiger partial charge in [-0.3, -0.25) is 4.79 Å². The fourth-order valence-electron chi connectivity index (χ4n) is 2.22. The number of carbonyl (C=O) groups is 1. The number of nitrogens with zero attached hydrogens (tertiary/aromatic N) is 2. The number of carbonyl (C=O) groups excluding carboxylic acids is 1. The molecule has 0 saturated carbocycles. The normalized spacial score (nSPS) is 13.1. The minimum atomic E-state index is -0.499. The Morgan fingerprint density at radius 1 is 1.23 bits per heavy atom. The Bertz CT molecular complexity index is 634. The molecular formula is C16H23ClN4O. The Morgan fingerprint density at radius 2 is 1.82 bits per heavy atom. The summed E-state index contributed by atoms with van der Waals surface area (Å²) in [5.74, 6) is -0.148. The Hall–Kier alpha value is -1.85. The van der Waals surface area contributed by atoms with E-state index in [4.69, 9.17) is 5.73 Å². The summed E-state index contributed by atoms with van der Waals surface area (Å²) in [5.41, 5.74) is 9.69. The maximum atomic E-state index is 11.6. The van der Waals surface area contributed by atoms with Crippen LogP contribution in [-0.2, 0) is 4.79 Å². The van der Waals surface area contributed by atoms with Crippen LogP contribution in [0, 0.1) is 13.8 Å². The van der Waals surface area contributed by atoms with Crippen LogP contribution in [0.5, 0.6) is 0 Å². The fraction of sp³-hybridized carbons (Fsp3) is 0.375. The lowest BCUT2D eigenvalue weighted by Crippen LogP contribution is -2.39. The molecular weight excluding hydrogens is 300 g/mol. The number of benzene rings is 1. The molecule has 6 heteroatoms. The van der Waals surface area contributed by atoms with Gasteiger partial charge in [-0.2, -0.15) is 5.10 Å². The van der Waals surface area contributed by atoms with Gasteiger partial charge in [0.1, 0.15) is 0 Å². The quantitative estimate of drug-likeness (QED) is 0.908. The van der Waals surface area contributed by atoms with Crippen molar-refractivity contribution in [2.24, 2.45) is 5.73 Å². The van der Waals surface area contributed by atoms with Gasteiger partial charge in [0.05, 0.1) is 23.5 Å². The lowest BCUT2D eigenvalue weighted by Gasteiger charge is -2.16. The van der Waals surface area contributed by atoms with Crippen LogP contribution in [0.3, 0.4) is 0 Å². The zero-order valence-electron chi connectivity index (χ0n) is 13.3. The van der Waals surface area contributed by atoms with Crippen molar-refractivity contribution >= 4 is 18.3 Å². The molecule has 1 aromatic carbocycles. The van der Waals surface area contributed by atoms with Gasteiger partial charge in [-0.1, -0.05) is 12.1 Å². The van der Waals surface area contributed by atoms with Crippen LogP contribution >= 0.6 is 12.4 Å². The number of aromatic nitrogens is 2. The van der Waals surface area contributed by atoms with E-state index in [1.807, 2.05) is 55.8 Å². The van der Waals surface area contributed by atoms with Crippen molar-refractivity contribution in [1.82, 2.24) is 15.1 Å². The summed E-state index contributed by atoms with van der Waals surface area (Å²) in [5, 5.41) is 7.34. The number of halogens is 1. The molecule has 2 aromatic rings. The summed E-state index contributed by atoms with van der Waals surface area (Å²) in [7, 11) is 0. The molecule has 0 radical (unpaired) electrons. The lowest BCUT2D eigenvalue weighted by atomic mass is 10.1. The highest BCUT2D eigenvalue weighted by Crippen LogP contribution is 2.17. The van der Waals surface area contributed by atoms with Crippen LogP contribution in [0.25, 0.3) is 5.69 Å². The Morgan fingerprint density at radius 3 is 2.27 bits per heavy atom. The number of nitrogens with two attached hydrogens (primary N) is 1. The van der Waals surface area contributed by atoms with Gasteiger partial charge in [0.2, 0.25) is 5.91 Å². The van der Waals surface area contributed by atoms with Crippen molar-refractivity contribution < 1.29 is 4.79 Å². The first-order chi connectivity index (χ1) is 9.88. The van der Waals surface area contributed by atoms with Gasteiger partial charge in [0.15, 0.2) is 0 Å². The molecule has 5 nitrogen and oxygen atoms in total. The molecule has 0 aliphatic carbocycles. The molecule has 0 spiro atoms. The molecule has 1 heterocycles. The summed E-state index contributed by atoms with van der Waals surface area (Å²) < 4.78 is 1.91. The predicted octanol–water partition coefficient (Wildman–Crippen LogP) is 2.44. The van der Waals surface area contributed by atoms with E-state index < -0.39 is 6.04 Å². The third kappa shape index (κ3) is 4.08. The van der Waals surface area contributed by atoms with Crippen LogP contribution in [-0.4, -0.2) is 21.7 Å². The van der Waals surface area contributed by atoms with E-state index in [2.05, 4.69) is 10.4 Å². The molecule has 0 aliphatic rings. The minimum Gasteiger partial charge on any atom is -0.348 e. The molecule has 0 saturated heterocycles. The van der Waals surface area contributed by atoms with Gasteiger partial charge in [0.25, 0.3) is 0 Å². The summed E-state index contributed by atoms with van der Waals surface area (Å²) in [6, 6.07) is 9.47. The number of hydrogen-bond acceptors (Lipinski definition) is 3. The van der Waals surface area contributed by atoms with E-state index in [-0.39, 0.29) is 24.4 Å². The average Bonchev–Trinajstić information content (AvgIpc) is 2.77. The topological polar surface area (TPSA) is 72.9 Å². The largest absolute Gasteiger partial charge is 0.348 e. The molecule has 1 aromatic heterocycles. The smallest absolute Gasteiger partial charge is 0.237 e. The van der Waals surface area contributed by atoms with Crippen LogP contribution in [0.4, 0.5) is 0 Å². The zero-order valence-corrected chi connectivity index (χ0v) is 14.1. The first kappa shape index (κ1) is 18.2. The third-order valence-corrected chi connectivity index (χ3v) is 3.42. The molecule has 120 valence electrons. The molecule has 0 aliphatic heterocycles. The van der Waals surface area contributed by atoms with Gasteiger partial charge in [-0.15, -0.1) is 12.4 Å². The molecule has 2 unspecified atom stereocenters. The maximum absolute atomic E-state index is 11.6. The summed E-state index contributed by atoms with van der Waals surface area (Å²) in [6.45, 7) is 7.62. The minimum absolute atomic E-state index is 0. The van der Waals surface area contributed by atoms with Crippen LogP contribution in [0.15, 0.2) is 30.3 Å². The van der Waals surface area contributed by atoms with Crippen molar-refractivity contribution in [3.05, 3.63) is 47.3 Å². The second-order valence-electron chi connectivity index (χ2n) is 5.45. The Balaban J connectivity index is 0.00000242. The van der Waals surface area contributed by atoms with E-state index in [1.54, 1.807) is 6.92 Å². The van der Waals surface area contributed by atoms with E-state index in [1.165, 1.54) is 0 Å². The Labute approximate surface area is 137 Å². The third-order valence-electron chi connectivity index (χ3n) is 3.42. The summed E-state index contributed by atoms with van der Waals surface area (Å²) in [4.78, 5) is 11.6. The van der Waals surface area contributed by atoms with Crippen molar-refractivity contribution in [3.8, 4) is 5.69 Å². The number of hydrogen-bond donors (Lipinski definition) is 2.